The van der Waals surface area contributed by atoms with Gasteiger partial charge < -0.3 is 10.0 Å². The van der Waals surface area contributed by atoms with Gasteiger partial charge in [0.2, 0.25) is 0 Å². The average molecular weight is 233 g/mol. The molecule has 0 unspecified atom stereocenters. The van der Waals surface area contributed by atoms with E-state index in [0.29, 0.717) is 6.42 Å². The van der Waals surface area contributed by atoms with Crippen LogP contribution in [-0.4, -0.2) is 24.2 Å². The number of carboxylic acids is 1. The van der Waals surface area contributed by atoms with Crippen LogP contribution in [0.3, 0.4) is 0 Å². The fourth-order valence-corrected chi connectivity index (χ4v) is 2.16. The topological polar surface area (TPSA) is 40.5 Å². The summed E-state index contributed by atoms with van der Waals surface area (Å²) in [6.07, 6.45) is 2.08. The minimum absolute atomic E-state index is 0.209. The van der Waals surface area contributed by atoms with Crippen LogP contribution in [0, 0.1) is 5.92 Å². The molecule has 92 valence electrons. The molecule has 3 nitrogen and oxygen atoms in total. The zero-order valence-electron chi connectivity index (χ0n) is 10.2. The van der Waals surface area contributed by atoms with Crippen LogP contribution in [0.2, 0.25) is 0 Å². The van der Waals surface area contributed by atoms with Gasteiger partial charge >= 0.3 is 5.97 Å². The predicted octanol–water partition coefficient (Wildman–Crippen LogP) is 2.55. The molecule has 1 aliphatic rings. The van der Waals surface area contributed by atoms with Crippen LogP contribution in [0.15, 0.2) is 24.3 Å². The van der Waals surface area contributed by atoms with Crippen molar-refractivity contribution in [3.8, 4) is 0 Å². The van der Waals surface area contributed by atoms with Gasteiger partial charge in [0.05, 0.1) is 0 Å². The molecule has 1 aliphatic heterocycles. The Balaban J connectivity index is 1.88. The van der Waals surface area contributed by atoms with Gasteiger partial charge in [0, 0.05) is 25.2 Å². The lowest BCUT2D eigenvalue weighted by molar-refractivity contribution is -0.136. The number of hydrogen-bond acceptors (Lipinski definition) is 2. The summed E-state index contributed by atoms with van der Waals surface area (Å²) in [5.74, 6) is 0.115. The summed E-state index contributed by atoms with van der Waals surface area (Å²) >= 11 is 0. The van der Waals surface area contributed by atoms with Gasteiger partial charge in [0.15, 0.2) is 0 Å². The van der Waals surface area contributed by atoms with Crippen molar-refractivity contribution in [2.24, 2.45) is 5.92 Å². The zero-order chi connectivity index (χ0) is 12.3. The molecule has 1 heterocycles. The fraction of sp³-hybridized carbons (Fsp3) is 0.500. The number of carbonyl (C=O) groups is 1. The van der Waals surface area contributed by atoms with Crippen LogP contribution < -0.4 is 4.90 Å². The summed E-state index contributed by atoms with van der Waals surface area (Å²) in [6.45, 7) is 4.55. The highest BCUT2D eigenvalue weighted by Crippen LogP contribution is 2.26. The maximum Gasteiger partial charge on any atom is 0.303 e. The Kier molecular flexibility index (Phi) is 3.67. The van der Waals surface area contributed by atoms with Crippen molar-refractivity contribution in [2.75, 3.05) is 18.0 Å². The van der Waals surface area contributed by atoms with Gasteiger partial charge in [0.25, 0.3) is 0 Å². The average Bonchev–Trinajstić information content (AvgIpc) is 2.26. The van der Waals surface area contributed by atoms with Gasteiger partial charge in [-0.3, -0.25) is 4.79 Å². The van der Waals surface area contributed by atoms with Crippen molar-refractivity contribution in [3.63, 3.8) is 0 Å². The third-order valence-electron chi connectivity index (χ3n) is 3.46. The second kappa shape index (κ2) is 5.21. The normalized spacial score (nSPS) is 15.7. The molecular formula is C14H19NO2. The molecule has 17 heavy (non-hydrogen) atoms. The predicted molar refractivity (Wildman–Crippen MR) is 68.4 cm³/mol. The van der Waals surface area contributed by atoms with Crippen molar-refractivity contribution in [2.45, 2.75) is 26.2 Å². The Labute approximate surface area is 102 Å². The number of aliphatic carboxylic acids is 1. The minimum Gasteiger partial charge on any atom is -0.481 e. The van der Waals surface area contributed by atoms with Gasteiger partial charge in [-0.25, -0.2) is 0 Å². The van der Waals surface area contributed by atoms with E-state index in [0.717, 1.165) is 24.6 Å². The molecule has 0 amide bonds. The van der Waals surface area contributed by atoms with Crippen molar-refractivity contribution in [1.29, 1.82) is 0 Å². The van der Waals surface area contributed by atoms with Gasteiger partial charge in [-0.2, -0.15) is 0 Å². The van der Waals surface area contributed by atoms with Crippen LogP contribution >= 0.6 is 0 Å². The lowest BCUT2D eigenvalue weighted by Gasteiger charge is -2.40. The standard InChI is InChI=1S/C14H19NO2/c1-2-11-9-15(10-11)13-6-3-12(4-7-13)5-8-14(16)17/h3-4,6-7,11H,2,5,8-10H2,1H3,(H,16,17). The van der Waals surface area contributed by atoms with Crippen LogP contribution in [0.1, 0.15) is 25.3 Å². The largest absolute Gasteiger partial charge is 0.481 e. The highest BCUT2D eigenvalue weighted by molar-refractivity contribution is 5.67. The second-order valence-electron chi connectivity index (χ2n) is 4.74. The zero-order valence-corrected chi connectivity index (χ0v) is 10.2. The molecule has 0 atom stereocenters. The fourth-order valence-electron chi connectivity index (χ4n) is 2.16. The van der Waals surface area contributed by atoms with Gasteiger partial charge in [-0.1, -0.05) is 19.1 Å². The quantitative estimate of drug-likeness (QED) is 0.849. The molecule has 0 bridgehead atoms. The summed E-state index contributed by atoms with van der Waals surface area (Å²) in [4.78, 5) is 12.8. The second-order valence-corrected chi connectivity index (χ2v) is 4.74. The van der Waals surface area contributed by atoms with Crippen molar-refractivity contribution in [3.05, 3.63) is 29.8 Å². The van der Waals surface area contributed by atoms with E-state index in [4.69, 9.17) is 5.11 Å². The highest BCUT2D eigenvalue weighted by atomic mass is 16.4. The Bertz CT molecular complexity index is 380. The molecule has 0 radical (unpaired) electrons. The molecule has 1 saturated heterocycles. The number of nitrogens with zero attached hydrogens (tertiary/aromatic N) is 1. The van der Waals surface area contributed by atoms with Crippen molar-refractivity contribution < 1.29 is 9.90 Å². The van der Waals surface area contributed by atoms with Gasteiger partial charge in [-0.05, 0) is 36.5 Å². The Hall–Kier alpha value is -1.51. The molecule has 1 aromatic rings. The minimum atomic E-state index is -0.734. The maximum absolute atomic E-state index is 10.5. The summed E-state index contributed by atoms with van der Waals surface area (Å²) < 4.78 is 0. The van der Waals surface area contributed by atoms with E-state index < -0.39 is 5.97 Å². The number of anilines is 1. The first-order valence-electron chi connectivity index (χ1n) is 6.24. The van der Waals surface area contributed by atoms with E-state index in [1.807, 2.05) is 12.1 Å². The lowest BCUT2D eigenvalue weighted by Crippen LogP contribution is -2.46. The number of carboxylic acid groups (broad SMARTS) is 1. The summed E-state index contributed by atoms with van der Waals surface area (Å²) in [5, 5.41) is 8.61. The van der Waals surface area contributed by atoms with Crippen molar-refractivity contribution in [1.82, 2.24) is 0 Å². The van der Waals surface area contributed by atoms with E-state index in [-0.39, 0.29) is 6.42 Å². The SMILES string of the molecule is CCC1CN(c2ccc(CCC(=O)O)cc2)C1. The monoisotopic (exact) mass is 233 g/mol. The molecule has 0 aliphatic carbocycles. The van der Waals surface area contributed by atoms with E-state index in [2.05, 4.69) is 24.0 Å². The first kappa shape index (κ1) is 12.0. The highest BCUT2D eigenvalue weighted by Gasteiger charge is 2.24. The Morgan fingerprint density at radius 1 is 1.35 bits per heavy atom. The molecule has 1 fully saturated rings. The Morgan fingerprint density at radius 2 is 2.00 bits per heavy atom. The Morgan fingerprint density at radius 3 is 2.53 bits per heavy atom. The molecule has 3 heteroatoms. The van der Waals surface area contributed by atoms with Crippen LogP contribution in [-0.2, 0) is 11.2 Å². The molecule has 1 aromatic carbocycles. The van der Waals surface area contributed by atoms with Crippen LogP contribution in [0.5, 0.6) is 0 Å². The first-order valence-corrected chi connectivity index (χ1v) is 6.24. The molecule has 0 saturated carbocycles. The molecular weight excluding hydrogens is 214 g/mol. The number of hydrogen-bond donors (Lipinski definition) is 1. The molecule has 0 aromatic heterocycles. The summed E-state index contributed by atoms with van der Waals surface area (Å²) in [6, 6.07) is 8.28. The van der Waals surface area contributed by atoms with E-state index in [9.17, 15) is 4.79 Å². The molecule has 2 rings (SSSR count). The first-order chi connectivity index (χ1) is 8.19. The van der Waals surface area contributed by atoms with E-state index in [1.165, 1.54) is 12.1 Å². The van der Waals surface area contributed by atoms with Crippen molar-refractivity contribution >= 4 is 11.7 Å². The third kappa shape index (κ3) is 2.99. The van der Waals surface area contributed by atoms with Gasteiger partial charge in [-0.15, -0.1) is 0 Å². The number of rotatable bonds is 5. The summed E-state index contributed by atoms with van der Waals surface area (Å²) in [7, 11) is 0. The van der Waals surface area contributed by atoms with E-state index >= 15 is 0 Å². The van der Waals surface area contributed by atoms with Crippen LogP contribution in [0.4, 0.5) is 5.69 Å². The molecule has 0 spiro atoms. The summed E-state index contributed by atoms with van der Waals surface area (Å²) in [5.41, 5.74) is 2.36. The number of aryl methyl sites for hydroxylation is 1. The lowest BCUT2D eigenvalue weighted by atomic mass is 9.96. The maximum atomic E-state index is 10.5. The number of benzene rings is 1. The van der Waals surface area contributed by atoms with Crippen LogP contribution in [0.25, 0.3) is 0 Å². The van der Waals surface area contributed by atoms with E-state index in [1.54, 1.807) is 0 Å². The smallest absolute Gasteiger partial charge is 0.303 e. The third-order valence-corrected chi connectivity index (χ3v) is 3.46. The van der Waals surface area contributed by atoms with Gasteiger partial charge in [0.1, 0.15) is 0 Å². The molecule has 1 N–H and O–H groups in total.